The molecule has 1 atom stereocenters. The molecule has 37 heavy (non-hydrogen) atoms. The highest BCUT2D eigenvalue weighted by atomic mass is 35.5. The number of hydrogen-bond donors (Lipinski definition) is 2. The summed E-state index contributed by atoms with van der Waals surface area (Å²) in [5.41, 5.74) is 3.15. The van der Waals surface area contributed by atoms with Gasteiger partial charge in [0.25, 0.3) is 0 Å². The van der Waals surface area contributed by atoms with E-state index in [0.29, 0.717) is 49.6 Å². The van der Waals surface area contributed by atoms with Crippen molar-refractivity contribution in [3.05, 3.63) is 98.0 Å². The number of rotatable bonds is 8. The minimum atomic E-state index is -0.606. The highest BCUT2D eigenvalue weighted by Crippen LogP contribution is 2.37. The molecule has 10 heteroatoms. The van der Waals surface area contributed by atoms with Crippen molar-refractivity contribution in [2.24, 2.45) is 0 Å². The van der Waals surface area contributed by atoms with Crippen LogP contribution in [-0.2, 0) is 16.1 Å². The van der Waals surface area contributed by atoms with Crippen LogP contribution < -0.4 is 20.1 Å². The molecule has 192 valence electrons. The van der Waals surface area contributed by atoms with Gasteiger partial charge in [0.2, 0.25) is 0 Å². The predicted molar refractivity (Wildman–Crippen MR) is 150 cm³/mol. The van der Waals surface area contributed by atoms with E-state index in [9.17, 15) is 4.79 Å². The van der Waals surface area contributed by atoms with E-state index in [-0.39, 0.29) is 6.61 Å². The van der Waals surface area contributed by atoms with E-state index in [1.54, 1.807) is 30.3 Å². The lowest BCUT2D eigenvalue weighted by Gasteiger charge is -2.31. The molecular weight excluding hydrogens is 555 g/mol. The molecule has 0 radical (unpaired) electrons. The third kappa shape index (κ3) is 6.30. The average Bonchev–Trinajstić information content (AvgIpc) is 2.88. The molecule has 0 saturated carbocycles. The minimum absolute atomic E-state index is 0.221. The Kier molecular flexibility index (Phi) is 8.82. The van der Waals surface area contributed by atoms with Crippen molar-refractivity contribution in [3.63, 3.8) is 0 Å². The molecule has 1 heterocycles. The fraction of sp³-hybridized carbons (Fsp3) is 0.185. The second-order valence-corrected chi connectivity index (χ2v) is 9.67. The molecule has 0 saturated heterocycles. The van der Waals surface area contributed by atoms with E-state index in [1.807, 2.05) is 37.3 Å². The van der Waals surface area contributed by atoms with Crippen molar-refractivity contribution in [2.45, 2.75) is 19.6 Å². The van der Waals surface area contributed by atoms with Crippen LogP contribution in [0.5, 0.6) is 11.5 Å². The van der Waals surface area contributed by atoms with Crippen LogP contribution in [0.1, 0.15) is 29.7 Å². The number of ether oxygens (including phenoxy) is 3. The maximum Gasteiger partial charge on any atom is 0.338 e. The molecule has 0 aromatic heterocycles. The Hall–Kier alpha value is -2.97. The lowest BCUT2D eigenvalue weighted by molar-refractivity contribution is -0.136. The fourth-order valence-corrected chi connectivity index (χ4v) is 4.68. The standard InChI is InChI=1S/C27H23Cl3N2O4S/c1-3-35-22-12-16(7-11-21(22)36-14-17-6-10-19(29)13-20(17)30)25-23(26(33)34-2)24(31-27(37)32-25)15-4-8-18(28)9-5-15/h4-13,25H,3,14H2,1-2H3,(H2,31,32,37)/t25-/m1/s1. The van der Waals surface area contributed by atoms with Gasteiger partial charge in [-0.25, -0.2) is 4.79 Å². The zero-order chi connectivity index (χ0) is 26.5. The number of nitrogens with one attached hydrogen (secondary N) is 2. The summed E-state index contributed by atoms with van der Waals surface area (Å²) in [6, 6.07) is 17.2. The van der Waals surface area contributed by atoms with E-state index in [2.05, 4.69) is 10.6 Å². The maximum absolute atomic E-state index is 13.0. The first kappa shape index (κ1) is 27.1. The fourth-order valence-electron chi connectivity index (χ4n) is 3.87. The summed E-state index contributed by atoms with van der Waals surface area (Å²) in [5, 5.41) is 8.27. The summed E-state index contributed by atoms with van der Waals surface area (Å²) in [6.45, 7) is 2.51. The molecule has 0 amide bonds. The number of hydrogen-bond acceptors (Lipinski definition) is 5. The van der Waals surface area contributed by atoms with Gasteiger partial charge in [0.05, 0.1) is 31.0 Å². The molecule has 0 unspecified atom stereocenters. The molecule has 0 fully saturated rings. The van der Waals surface area contributed by atoms with Crippen LogP contribution >= 0.6 is 47.0 Å². The zero-order valence-corrected chi connectivity index (χ0v) is 23.0. The Morgan fingerprint density at radius 2 is 1.68 bits per heavy atom. The molecule has 3 aromatic rings. The Morgan fingerprint density at radius 3 is 2.35 bits per heavy atom. The van der Waals surface area contributed by atoms with Gasteiger partial charge in [-0.2, -0.15) is 0 Å². The van der Waals surface area contributed by atoms with Crippen molar-refractivity contribution in [1.82, 2.24) is 10.6 Å². The van der Waals surface area contributed by atoms with E-state index >= 15 is 0 Å². The summed E-state index contributed by atoms with van der Waals surface area (Å²) in [6.07, 6.45) is 0. The number of thiocarbonyl (C=S) groups is 1. The molecular formula is C27H23Cl3N2O4S. The van der Waals surface area contributed by atoms with Gasteiger partial charge in [0.1, 0.15) is 6.61 Å². The molecule has 2 N–H and O–H groups in total. The zero-order valence-electron chi connectivity index (χ0n) is 19.9. The van der Waals surface area contributed by atoms with Gasteiger partial charge in [0, 0.05) is 20.6 Å². The Morgan fingerprint density at radius 1 is 0.946 bits per heavy atom. The first-order valence-corrected chi connectivity index (χ1v) is 12.8. The SMILES string of the molecule is CCOc1cc([C@H]2NC(=S)NC(c3ccc(Cl)cc3)=C2C(=O)OC)ccc1OCc1ccc(Cl)cc1Cl. The van der Waals surface area contributed by atoms with Gasteiger partial charge >= 0.3 is 5.97 Å². The molecule has 0 spiro atoms. The van der Waals surface area contributed by atoms with Gasteiger partial charge in [-0.05, 0) is 66.7 Å². The quantitative estimate of drug-likeness (QED) is 0.227. The van der Waals surface area contributed by atoms with Gasteiger partial charge < -0.3 is 24.8 Å². The van der Waals surface area contributed by atoms with Crippen molar-refractivity contribution in [1.29, 1.82) is 0 Å². The number of halogens is 3. The second kappa shape index (κ2) is 12.0. The van der Waals surface area contributed by atoms with Crippen LogP contribution in [0.25, 0.3) is 5.70 Å². The first-order valence-electron chi connectivity index (χ1n) is 11.3. The molecule has 3 aromatic carbocycles. The smallest absolute Gasteiger partial charge is 0.338 e. The Labute approximate surface area is 235 Å². The molecule has 1 aliphatic heterocycles. The van der Waals surface area contributed by atoms with Crippen LogP contribution in [0.2, 0.25) is 15.1 Å². The van der Waals surface area contributed by atoms with Crippen LogP contribution in [0, 0.1) is 0 Å². The summed E-state index contributed by atoms with van der Waals surface area (Å²) in [4.78, 5) is 13.0. The molecule has 6 nitrogen and oxygen atoms in total. The van der Waals surface area contributed by atoms with E-state index in [4.69, 9.17) is 61.2 Å². The van der Waals surface area contributed by atoms with Gasteiger partial charge in [0.15, 0.2) is 16.6 Å². The number of methoxy groups -OCH3 is 1. The Bertz CT molecular complexity index is 1360. The molecule has 0 aliphatic carbocycles. The predicted octanol–water partition coefficient (Wildman–Crippen LogP) is 6.73. The van der Waals surface area contributed by atoms with Gasteiger partial charge in [-0.15, -0.1) is 0 Å². The first-order chi connectivity index (χ1) is 17.8. The summed E-state index contributed by atoms with van der Waals surface area (Å²) < 4.78 is 17.0. The number of benzene rings is 3. The van der Waals surface area contributed by atoms with Crippen LogP contribution in [0.4, 0.5) is 0 Å². The van der Waals surface area contributed by atoms with Crippen LogP contribution in [0.15, 0.2) is 66.2 Å². The van der Waals surface area contributed by atoms with Gasteiger partial charge in [-0.1, -0.05) is 59.1 Å². The topological polar surface area (TPSA) is 68.8 Å². The number of carbonyl (C=O) groups excluding carboxylic acids is 1. The minimum Gasteiger partial charge on any atom is -0.490 e. The van der Waals surface area contributed by atoms with E-state index in [1.165, 1.54) is 7.11 Å². The summed E-state index contributed by atoms with van der Waals surface area (Å²) in [7, 11) is 1.34. The normalized spacial score (nSPS) is 15.1. The maximum atomic E-state index is 13.0. The largest absolute Gasteiger partial charge is 0.490 e. The number of esters is 1. The van der Waals surface area contributed by atoms with Crippen molar-refractivity contribution in [3.8, 4) is 11.5 Å². The molecule has 1 aliphatic rings. The third-order valence-electron chi connectivity index (χ3n) is 5.61. The second-order valence-electron chi connectivity index (χ2n) is 7.98. The third-order valence-corrected chi connectivity index (χ3v) is 6.67. The average molecular weight is 578 g/mol. The Balaban J connectivity index is 1.72. The van der Waals surface area contributed by atoms with Crippen LogP contribution in [0.3, 0.4) is 0 Å². The van der Waals surface area contributed by atoms with Crippen LogP contribution in [-0.4, -0.2) is 24.8 Å². The van der Waals surface area contributed by atoms with Crippen molar-refractivity contribution in [2.75, 3.05) is 13.7 Å². The van der Waals surface area contributed by atoms with Crippen molar-refractivity contribution >= 4 is 63.8 Å². The van der Waals surface area contributed by atoms with Crippen molar-refractivity contribution < 1.29 is 19.0 Å². The lowest BCUT2D eigenvalue weighted by Crippen LogP contribution is -2.45. The summed E-state index contributed by atoms with van der Waals surface area (Å²) in [5.74, 6) is 0.524. The highest BCUT2D eigenvalue weighted by Gasteiger charge is 2.33. The molecule has 0 bridgehead atoms. The highest BCUT2D eigenvalue weighted by molar-refractivity contribution is 7.80. The van der Waals surface area contributed by atoms with Gasteiger partial charge in [-0.3, -0.25) is 0 Å². The lowest BCUT2D eigenvalue weighted by atomic mass is 9.92. The van der Waals surface area contributed by atoms with E-state index < -0.39 is 12.0 Å². The summed E-state index contributed by atoms with van der Waals surface area (Å²) >= 11 is 23.8. The number of carbonyl (C=O) groups is 1. The van der Waals surface area contributed by atoms with E-state index in [0.717, 1.165) is 16.7 Å². The molecule has 4 rings (SSSR count). The monoisotopic (exact) mass is 576 g/mol.